The van der Waals surface area contributed by atoms with Gasteiger partial charge in [0.1, 0.15) is 85.5 Å². The summed E-state index contributed by atoms with van der Waals surface area (Å²) in [5, 5.41) is 139. The molecular formula is C53H86O22. The molecule has 0 aromatic heterocycles. The van der Waals surface area contributed by atoms with Crippen LogP contribution in [0, 0.1) is 50.2 Å². The number of aliphatic hydroxyl groups excluding tert-OH is 13. The summed E-state index contributed by atoms with van der Waals surface area (Å²) >= 11 is 0. The number of fused-ring (bicyclic) bond motifs is 7. The molecule has 0 spiro atoms. The average molecular weight is 1080 g/mol. The van der Waals surface area contributed by atoms with Gasteiger partial charge in [-0.15, -0.1) is 0 Å². The first kappa shape index (κ1) is 58.1. The highest BCUT2D eigenvalue weighted by Gasteiger charge is 2.71. The summed E-state index contributed by atoms with van der Waals surface area (Å²) in [6, 6.07) is 0. The number of ether oxygens (including phenoxy) is 8. The molecule has 0 radical (unpaired) electrons. The number of rotatable bonds is 11. The van der Waals surface area contributed by atoms with Crippen molar-refractivity contribution in [1.82, 2.24) is 0 Å². The molecule has 0 unspecified atom stereocenters. The van der Waals surface area contributed by atoms with Gasteiger partial charge in [-0.25, -0.2) is 0 Å². The Morgan fingerprint density at radius 1 is 0.613 bits per heavy atom. The van der Waals surface area contributed by atoms with Gasteiger partial charge >= 0.3 is 5.97 Å². The number of allylic oxidation sites excluding steroid dienone is 2. The van der Waals surface area contributed by atoms with Crippen LogP contribution in [0.5, 0.6) is 0 Å². The lowest BCUT2D eigenvalue weighted by Crippen LogP contribution is -2.67. The number of aliphatic hydroxyl groups is 13. The van der Waals surface area contributed by atoms with E-state index in [1.165, 1.54) is 12.5 Å². The van der Waals surface area contributed by atoms with Crippen molar-refractivity contribution < 1.29 is 109 Å². The minimum Gasteiger partial charge on any atom is -0.432 e. The molecule has 22 heteroatoms. The van der Waals surface area contributed by atoms with Crippen LogP contribution in [0.1, 0.15) is 113 Å². The van der Waals surface area contributed by atoms with Crippen molar-refractivity contribution in [3.8, 4) is 0 Å². The number of hydrogen-bond acceptors (Lipinski definition) is 22. The highest BCUT2D eigenvalue weighted by atomic mass is 16.8. The van der Waals surface area contributed by atoms with Gasteiger partial charge in [0.25, 0.3) is 0 Å². The third kappa shape index (κ3) is 9.40. The van der Waals surface area contributed by atoms with Crippen LogP contribution in [-0.2, 0) is 42.7 Å². The Bertz CT molecular complexity index is 2060. The number of carbonyl (C=O) groups excluding carboxylic acids is 1. The second-order valence-corrected chi connectivity index (χ2v) is 25.6. The molecule has 9 rings (SSSR count). The maximum Gasteiger partial charge on any atom is 0.315 e. The minimum absolute atomic E-state index is 0.0914. The molecule has 0 aromatic carbocycles. The van der Waals surface area contributed by atoms with E-state index in [2.05, 4.69) is 40.7 Å². The van der Waals surface area contributed by atoms with Crippen molar-refractivity contribution in [1.29, 1.82) is 0 Å². The van der Waals surface area contributed by atoms with Crippen molar-refractivity contribution in [3.05, 3.63) is 11.6 Å². The molecule has 0 bridgehead atoms. The SMILES string of the molecule is C[C@@H]1O[C@@H](O[C@H]2[C@H](O[C@H]3CC[C@@]4(C)[C@@H](CC[C@]5(C)[C@@H]4CC=C4[C@@H]6CC(C)(C)CC[C@]6(C(=O)O[C@@H]6O[C@H](CO)[C@@H](O)[C@H](O)[C@H]6O)CC[C@]45C)[C@]3(C)CO)OC[C@H](O[C@@H]3O[C@H](CO)[C@@H](O)[C@H](O)[C@H]3O)[C@@H]2O)[C@H](O)[C@H](O)[C@H]1O. The molecule has 28 atom stereocenters. The van der Waals surface area contributed by atoms with Gasteiger partial charge in [0.15, 0.2) is 18.9 Å². The smallest absolute Gasteiger partial charge is 0.315 e. The van der Waals surface area contributed by atoms with Crippen molar-refractivity contribution in [3.63, 3.8) is 0 Å². The fraction of sp³-hybridized carbons (Fsp3) is 0.943. The number of esters is 1. The lowest BCUT2D eigenvalue weighted by atomic mass is 9.33. The fourth-order valence-corrected chi connectivity index (χ4v) is 16.2. The summed E-state index contributed by atoms with van der Waals surface area (Å²) in [7, 11) is 0. The van der Waals surface area contributed by atoms with Gasteiger partial charge < -0.3 is 104 Å². The molecule has 9 aliphatic rings. The topological polar surface area (TPSA) is 354 Å². The zero-order valence-electron chi connectivity index (χ0n) is 44.2. The van der Waals surface area contributed by atoms with Crippen LogP contribution in [0.25, 0.3) is 0 Å². The third-order valence-corrected chi connectivity index (χ3v) is 21.2. The van der Waals surface area contributed by atoms with Gasteiger partial charge in [-0.1, -0.05) is 53.2 Å². The molecule has 22 nitrogen and oxygen atoms in total. The fourth-order valence-electron chi connectivity index (χ4n) is 16.2. The van der Waals surface area contributed by atoms with Crippen LogP contribution in [0.3, 0.4) is 0 Å². The molecule has 4 saturated carbocycles. The first-order valence-electron chi connectivity index (χ1n) is 27.3. The van der Waals surface area contributed by atoms with Gasteiger partial charge in [0.05, 0.1) is 44.1 Å². The van der Waals surface area contributed by atoms with Crippen molar-refractivity contribution in [2.75, 3.05) is 26.4 Å². The molecule has 4 heterocycles. The monoisotopic (exact) mass is 1070 g/mol. The molecule has 0 aromatic rings. The number of carbonyl (C=O) groups is 1. The molecule has 8 fully saturated rings. The average Bonchev–Trinajstić information content (AvgIpc) is 3.37. The maximum absolute atomic E-state index is 14.8. The zero-order chi connectivity index (χ0) is 54.7. The van der Waals surface area contributed by atoms with E-state index < -0.39 is 153 Å². The van der Waals surface area contributed by atoms with E-state index in [-0.39, 0.29) is 52.6 Å². The Labute approximate surface area is 437 Å². The molecule has 13 N–H and O–H groups in total. The van der Waals surface area contributed by atoms with E-state index in [9.17, 15) is 71.2 Å². The van der Waals surface area contributed by atoms with Gasteiger partial charge in [-0.05, 0) is 111 Å². The van der Waals surface area contributed by atoms with Gasteiger partial charge in [-0.3, -0.25) is 4.79 Å². The lowest BCUT2D eigenvalue weighted by Gasteiger charge is -2.71. The van der Waals surface area contributed by atoms with E-state index in [4.69, 9.17) is 37.9 Å². The quantitative estimate of drug-likeness (QED) is 0.0643. The predicted molar refractivity (Wildman–Crippen MR) is 257 cm³/mol. The summed E-state index contributed by atoms with van der Waals surface area (Å²) in [5.74, 6) is -0.686. The van der Waals surface area contributed by atoms with Crippen LogP contribution < -0.4 is 0 Å². The first-order valence-corrected chi connectivity index (χ1v) is 27.3. The van der Waals surface area contributed by atoms with E-state index in [1.807, 2.05) is 6.92 Å². The molecular weight excluding hydrogens is 989 g/mol. The second-order valence-electron chi connectivity index (χ2n) is 25.6. The van der Waals surface area contributed by atoms with Crippen molar-refractivity contribution in [2.45, 2.75) is 235 Å². The second kappa shape index (κ2) is 21.1. The third-order valence-electron chi connectivity index (χ3n) is 21.2. The van der Waals surface area contributed by atoms with Crippen LogP contribution in [0.2, 0.25) is 0 Å². The van der Waals surface area contributed by atoms with Crippen LogP contribution >= 0.6 is 0 Å². The molecule has 0 amide bonds. The Morgan fingerprint density at radius 3 is 1.83 bits per heavy atom. The van der Waals surface area contributed by atoms with Gasteiger partial charge in [0, 0.05) is 5.41 Å². The molecule has 5 aliphatic carbocycles. The first-order chi connectivity index (χ1) is 35.2. The Balaban J connectivity index is 0.967. The van der Waals surface area contributed by atoms with E-state index in [1.54, 1.807) is 0 Å². The largest absolute Gasteiger partial charge is 0.432 e. The van der Waals surface area contributed by atoms with Gasteiger partial charge in [-0.2, -0.15) is 0 Å². The lowest BCUT2D eigenvalue weighted by molar-refractivity contribution is -0.381. The normalized spacial score (nSPS) is 54.8. The molecule has 75 heavy (non-hydrogen) atoms. The number of hydrogen-bond donors (Lipinski definition) is 13. The van der Waals surface area contributed by atoms with Gasteiger partial charge in [0.2, 0.25) is 6.29 Å². The Morgan fingerprint density at radius 2 is 1.20 bits per heavy atom. The van der Waals surface area contributed by atoms with Crippen molar-refractivity contribution >= 4 is 5.97 Å². The summed E-state index contributed by atoms with van der Waals surface area (Å²) in [6.45, 7) is 12.9. The van der Waals surface area contributed by atoms with E-state index >= 15 is 0 Å². The van der Waals surface area contributed by atoms with E-state index in [0.717, 1.165) is 19.3 Å². The Hall–Kier alpha value is -1.59. The molecule has 430 valence electrons. The maximum atomic E-state index is 14.8. The van der Waals surface area contributed by atoms with Crippen molar-refractivity contribution in [2.24, 2.45) is 50.2 Å². The minimum atomic E-state index is -1.81. The summed E-state index contributed by atoms with van der Waals surface area (Å²) in [5.41, 5.74) is -1.66. The summed E-state index contributed by atoms with van der Waals surface area (Å²) in [6.07, 6.45) is -21.3. The highest BCUT2D eigenvalue weighted by molar-refractivity contribution is 5.79. The standard InChI is InChI=1S/C53H86O22/c1-23-32(57)36(61)39(64)43(69-23)74-42-35(60)28(72-44-40(65)37(62)33(58)26(19-54)70-44)21-68-46(42)73-31-11-12-49(4)29(50(31,5)22-56)10-13-52(7)30(49)9-8-24-25-18-48(2,3)14-16-53(25,17-15-51(24,52)6)47(67)75-45-41(66)38(63)34(59)27(20-55)71-45/h8,23,25-46,54-66H,9-22H2,1-7H3/t23-,25-,26+,27+,28-,29+,30+,31-,32-,33+,34+,35-,36+,37-,38-,39+,40+,41+,42+,43-,44-,45-,46-,49-,50-,51+,52+,53-/m0/s1. The van der Waals surface area contributed by atoms with Crippen LogP contribution in [-0.4, -0.2) is 222 Å². The van der Waals surface area contributed by atoms with E-state index in [0.29, 0.717) is 44.9 Å². The summed E-state index contributed by atoms with van der Waals surface area (Å²) < 4.78 is 48.4. The van der Waals surface area contributed by atoms with Crippen LogP contribution in [0.15, 0.2) is 11.6 Å². The van der Waals surface area contributed by atoms with Crippen LogP contribution in [0.4, 0.5) is 0 Å². The molecule has 4 saturated heterocycles. The molecule has 4 aliphatic heterocycles. The highest BCUT2D eigenvalue weighted by Crippen LogP contribution is 2.76. The predicted octanol–water partition coefficient (Wildman–Crippen LogP) is -1.40. The summed E-state index contributed by atoms with van der Waals surface area (Å²) in [4.78, 5) is 14.8. The Kier molecular flexibility index (Phi) is 16.3. The zero-order valence-corrected chi connectivity index (χ0v) is 44.2.